The fourth-order valence-electron chi connectivity index (χ4n) is 1.98. The molecule has 21 heavy (non-hydrogen) atoms. The molecule has 0 aromatic heterocycles. The highest BCUT2D eigenvalue weighted by Gasteiger charge is 2.04. The van der Waals surface area contributed by atoms with Gasteiger partial charge in [0.15, 0.2) is 0 Å². The summed E-state index contributed by atoms with van der Waals surface area (Å²) in [5.41, 5.74) is 1.88. The number of halogens is 1. The first-order valence-electron chi connectivity index (χ1n) is 7.09. The average Bonchev–Trinajstić information content (AvgIpc) is 2.50. The van der Waals surface area contributed by atoms with E-state index in [9.17, 15) is 0 Å². The van der Waals surface area contributed by atoms with Gasteiger partial charge in [0.2, 0.25) is 0 Å². The first-order valence-corrected chi connectivity index (χ1v) is 7.47. The molecule has 4 heteroatoms. The fourth-order valence-corrected chi connectivity index (χ4v) is 2.22. The minimum Gasteiger partial charge on any atom is -0.457 e. The number of rotatable bonds is 7. The number of aliphatic hydroxyl groups is 1. The van der Waals surface area contributed by atoms with E-state index < -0.39 is 0 Å². The number of ether oxygens (including phenoxy) is 1. The third kappa shape index (κ3) is 4.74. The molecule has 0 saturated carbocycles. The van der Waals surface area contributed by atoms with Crippen LogP contribution in [0.1, 0.15) is 24.5 Å². The Balaban J connectivity index is 2.05. The minimum absolute atomic E-state index is 0.00000794. The quantitative estimate of drug-likeness (QED) is 0.756. The van der Waals surface area contributed by atoms with Crippen LogP contribution in [-0.4, -0.2) is 11.7 Å². The molecule has 0 fully saturated rings. The topological polar surface area (TPSA) is 41.5 Å². The zero-order valence-corrected chi connectivity index (χ0v) is 12.9. The second-order valence-corrected chi connectivity index (χ2v) is 5.24. The monoisotopic (exact) mass is 305 g/mol. The second-order valence-electron chi connectivity index (χ2n) is 4.84. The highest BCUT2D eigenvalue weighted by molar-refractivity contribution is 6.31. The molecular weight excluding hydrogens is 286 g/mol. The lowest BCUT2D eigenvalue weighted by atomic mass is 10.2. The first-order chi connectivity index (χ1) is 10.2. The standard InChI is InChI=1S/C17H20ClNO2/c1-2-8-19-11-14-6-7-16(10-17(14)18)21-15-5-3-4-13(9-15)12-20/h3-7,9-10,19-20H,2,8,11-12H2,1H3. The van der Waals surface area contributed by atoms with Gasteiger partial charge in [-0.3, -0.25) is 0 Å². The Labute approximate surface area is 130 Å². The predicted octanol–water partition coefficient (Wildman–Crippen LogP) is 4.12. The van der Waals surface area contributed by atoms with Crippen LogP contribution in [0, 0.1) is 0 Å². The Morgan fingerprint density at radius 3 is 2.67 bits per heavy atom. The van der Waals surface area contributed by atoms with Crippen molar-refractivity contribution in [1.82, 2.24) is 5.32 Å². The Bertz CT molecular complexity index is 587. The fraction of sp³-hybridized carbons (Fsp3) is 0.294. The lowest BCUT2D eigenvalue weighted by Gasteiger charge is -2.10. The molecule has 0 aliphatic carbocycles. The van der Waals surface area contributed by atoms with Gasteiger partial charge in [0.05, 0.1) is 6.61 Å². The molecule has 0 bridgehead atoms. The van der Waals surface area contributed by atoms with Crippen molar-refractivity contribution in [1.29, 1.82) is 0 Å². The van der Waals surface area contributed by atoms with E-state index in [-0.39, 0.29) is 6.61 Å². The summed E-state index contributed by atoms with van der Waals surface area (Å²) in [6.45, 7) is 3.86. The molecular formula is C17H20ClNO2. The van der Waals surface area contributed by atoms with Crippen molar-refractivity contribution >= 4 is 11.6 Å². The molecule has 0 radical (unpaired) electrons. The summed E-state index contributed by atoms with van der Waals surface area (Å²) in [6, 6.07) is 13.1. The number of aliphatic hydroxyl groups excluding tert-OH is 1. The molecule has 0 amide bonds. The van der Waals surface area contributed by atoms with E-state index in [1.165, 1.54) is 0 Å². The molecule has 0 heterocycles. The van der Waals surface area contributed by atoms with E-state index >= 15 is 0 Å². The molecule has 0 atom stereocenters. The summed E-state index contributed by atoms with van der Waals surface area (Å²) < 4.78 is 5.77. The van der Waals surface area contributed by atoms with Gasteiger partial charge in [-0.1, -0.05) is 36.7 Å². The van der Waals surface area contributed by atoms with Gasteiger partial charge in [-0.25, -0.2) is 0 Å². The maximum Gasteiger partial charge on any atom is 0.128 e. The molecule has 0 aliphatic heterocycles. The van der Waals surface area contributed by atoms with Crippen molar-refractivity contribution in [3.8, 4) is 11.5 Å². The molecule has 2 aromatic carbocycles. The Morgan fingerprint density at radius 1 is 1.14 bits per heavy atom. The molecule has 112 valence electrons. The van der Waals surface area contributed by atoms with Crippen LogP contribution in [0.4, 0.5) is 0 Å². The zero-order valence-electron chi connectivity index (χ0n) is 12.1. The van der Waals surface area contributed by atoms with Crippen molar-refractivity contribution in [2.75, 3.05) is 6.54 Å². The Hall–Kier alpha value is -1.55. The summed E-state index contributed by atoms with van der Waals surface area (Å²) in [5.74, 6) is 1.38. The number of hydrogen-bond acceptors (Lipinski definition) is 3. The maximum atomic E-state index is 9.13. The molecule has 0 saturated heterocycles. The van der Waals surface area contributed by atoms with Gasteiger partial charge in [-0.05, 0) is 48.4 Å². The number of hydrogen-bond donors (Lipinski definition) is 2. The van der Waals surface area contributed by atoms with Crippen molar-refractivity contribution in [2.24, 2.45) is 0 Å². The van der Waals surface area contributed by atoms with Gasteiger partial charge in [0, 0.05) is 11.6 Å². The van der Waals surface area contributed by atoms with Crippen molar-refractivity contribution in [3.63, 3.8) is 0 Å². The van der Waals surface area contributed by atoms with Crippen LogP contribution in [0.3, 0.4) is 0 Å². The van der Waals surface area contributed by atoms with Gasteiger partial charge in [-0.2, -0.15) is 0 Å². The third-order valence-corrected chi connectivity index (χ3v) is 3.44. The summed E-state index contributed by atoms with van der Waals surface area (Å²) in [7, 11) is 0. The van der Waals surface area contributed by atoms with Gasteiger partial charge in [0.25, 0.3) is 0 Å². The smallest absolute Gasteiger partial charge is 0.128 e. The van der Waals surface area contributed by atoms with Crippen LogP contribution in [0.15, 0.2) is 42.5 Å². The largest absolute Gasteiger partial charge is 0.457 e. The summed E-state index contributed by atoms with van der Waals surface area (Å²) >= 11 is 6.27. The molecule has 0 spiro atoms. The molecule has 0 unspecified atom stereocenters. The van der Waals surface area contributed by atoms with Crippen molar-refractivity contribution in [3.05, 3.63) is 58.6 Å². The van der Waals surface area contributed by atoms with E-state index in [4.69, 9.17) is 21.4 Å². The lowest BCUT2D eigenvalue weighted by Crippen LogP contribution is -2.13. The van der Waals surface area contributed by atoms with Gasteiger partial charge in [-0.15, -0.1) is 0 Å². The third-order valence-electron chi connectivity index (χ3n) is 3.08. The normalized spacial score (nSPS) is 10.6. The Morgan fingerprint density at radius 2 is 1.95 bits per heavy atom. The van der Waals surface area contributed by atoms with Crippen LogP contribution in [0.5, 0.6) is 11.5 Å². The predicted molar refractivity (Wildman–Crippen MR) is 85.9 cm³/mol. The number of nitrogens with one attached hydrogen (secondary N) is 1. The summed E-state index contributed by atoms with van der Waals surface area (Å²) in [5, 5.41) is 13.1. The minimum atomic E-state index is -0.00000794. The molecule has 0 aliphatic rings. The van der Waals surface area contributed by atoms with E-state index in [1.807, 2.05) is 42.5 Å². The van der Waals surface area contributed by atoms with E-state index in [2.05, 4.69) is 12.2 Å². The maximum absolute atomic E-state index is 9.13. The van der Waals surface area contributed by atoms with E-state index in [1.54, 1.807) is 0 Å². The van der Waals surface area contributed by atoms with E-state index in [0.29, 0.717) is 16.5 Å². The SMILES string of the molecule is CCCNCc1ccc(Oc2cccc(CO)c2)cc1Cl. The zero-order chi connectivity index (χ0) is 15.1. The van der Waals surface area contributed by atoms with Crippen LogP contribution in [0.25, 0.3) is 0 Å². The Kier molecular flexibility index (Phi) is 6.05. The van der Waals surface area contributed by atoms with Crippen LogP contribution >= 0.6 is 11.6 Å². The van der Waals surface area contributed by atoms with Crippen LogP contribution in [0.2, 0.25) is 5.02 Å². The molecule has 2 aromatic rings. The van der Waals surface area contributed by atoms with Crippen LogP contribution in [-0.2, 0) is 13.2 Å². The van der Waals surface area contributed by atoms with E-state index in [0.717, 1.165) is 30.6 Å². The van der Waals surface area contributed by atoms with Gasteiger partial charge >= 0.3 is 0 Å². The van der Waals surface area contributed by atoms with Crippen LogP contribution < -0.4 is 10.1 Å². The summed E-state index contributed by atoms with van der Waals surface area (Å²) in [4.78, 5) is 0. The highest BCUT2D eigenvalue weighted by atomic mass is 35.5. The van der Waals surface area contributed by atoms with Crippen molar-refractivity contribution in [2.45, 2.75) is 26.5 Å². The van der Waals surface area contributed by atoms with Gasteiger partial charge < -0.3 is 15.2 Å². The molecule has 3 nitrogen and oxygen atoms in total. The highest BCUT2D eigenvalue weighted by Crippen LogP contribution is 2.27. The molecule has 2 N–H and O–H groups in total. The number of benzene rings is 2. The first kappa shape index (κ1) is 15.8. The lowest BCUT2D eigenvalue weighted by molar-refractivity contribution is 0.281. The second kappa shape index (κ2) is 8.03. The molecule has 2 rings (SSSR count). The summed E-state index contributed by atoms with van der Waals surface area (Å²) in [6.07, 6.45) is 1.10. The van der Waals surface area contributed by atoms with Gasteiger partial charge in [0.1, 0.15) is 11.5 Å². The van der Waals surface area contributed by atoms with Crippen molar-refractivity contribution < 1.29 is 9.84 Å². The average molecular weight is 306 g/mol.